The van der Waals surface area contributed by atoms with Gasteiger partial charge in [0.2, 0.25) is 5.72 Å². The number of rotatable bonds is 6. The first-order valence-corrected chi connectivity index (χ1v) is 11.3. The van der Waals surface area contributed by atoms with E-state index in [0.717, 1.165) is 24.9 Å². The zero-order chi connectivity index (χ0) is 23.1. The Morgan fingerprint density at radius 3 is 2.55 bits per heavy atom. The molecule has 0 saturated carbocycles. The number of nitroso groups, excluding NO2 is 1. The van der Waals surface area contributed by atoms with E-state index in [1.165, 1.54) is 16.8 Å². The molecule has 1 atom stereocenters. The third kappa shape index (κ3) is 3.30. The first-order chi connectivity index (χ1) is 16.0. The molecule has 168 valence electrons. The summed E-state index contributed by atoms with van der Waals surface area (Å²) in [5.74, 6) is 1.16. The van der Waals surface area contributed by atoms with E-state index in [1.54, 1.807) is 19.2 Å². The topological polar surface area (TPSA) is 51.1 Å². The molecule has 2 aliphatic rings. The second kappa shape index (κ2) is 8.07. The number of nitrogens with zero attached hydrogens (tertiary/aromatic N) is 2. The molecule has 0 amide bonds. The number of ether oxygens (including phenoxy) is 2. The molecule has 0 saturated heterocycles. The molecule has 5 heteroatoms. The Morgan fingerprint density at radius 1 is 1.03 bits per heavy atom. The zero-order valence-corrected chi connectivity index (χ0v) is 19.2. The lowest BCUT2D eigenvalue weighted by atomic mass is 9.76. The third-order valence-electron chi connectivity index (χ3n) is 6.99. The number of hydrogen-bond donors (Lipinski definition) is 0. The van der Waals surface area contributed by atoms with Gasteiger partial charge in [-0.3, -0.25) is 0 Å². The van der Waals surface area contributed by atoms with Gasteiger partial charge in [0.15, 0.2) is 11.5 Å². The van der Waals surface area contributed by atoms with E-state index in [1.807, 2.05) is 6.08 Å². The van der Waals surface area contributed by atoms with Gasteiger partial charge in [0.1, 0.15) is 5.69 Å². The van der Waals surface area contributed by atoms with Crippen molar-refractivity contribution in [3.63, 3.8) is 0 Å². The van der Waals surface area contributed by atoms with Crippen LogP contribution in [0.3, 0.4) is 0 Å². The van der Waals surface area contributed by atoms with Crippen LogP contribution in [-0.4, -0.2) is 19.4 Å². The molecule has 5 rings (SSSR count). The number of fused-ring (bicyclic) bond motifs is 2. The Kier molecular flexibility index (Phi) is 5.20. The minimum Gasteiger partial charge on any atom is -0.493 e. The van der Waals surface area contributed by atoms with Crippen LogP contribution in [-0.2, 0) is 11.8 Å². The molecule has 0 N–H and O–H groups in total. The molecular formula is C28H28N2O3. The van der Waals surface area contributed by atoms with Crippen LogP contribution in [0.1, 0.15) is 37.0 Å². The summed E-state index contributed by atoms with van der Waals surface area (Å²) in [6, 6.07) is 22.5. The Bertz CT molecular complexity index is 1220. The normalized spacial score (nSPS) is 19.7. The van der Waals surface area contributed by atoms with Crippen LogP contribution in [0.2, 0.25) is 0 Å². The van der Waals surface area contributed by atoms with E-state index in [2.05, 4.69) is 84.6 Å². The number of aryl methyl sites for hydroxylation is 1. The van der Waals surface area contributed by atoms with Crippen LogP contribution in [0.4, 0.5) is 11.4 Å². The molecule has 33 heavy (non-hydrogen) atoms. The highest BCUT2D eigenvalue weighted by Gasteiger charge is 2.58. The Balaban J connectivity index is 1.56. The highest BCUT2D eigenvalue weighted by Crippen LogP contribution is 2.56. The van der Waals surface area contributed by atoms with Crippen molar-refractivity contribution in [3.05, 3.63) is 94.4 Å². The lowest BCUT2D eigenvalue weighted by molar-refractivity contribution is 0.0504. The quantitative estimate of drug-likeness (QED) is 0.404. The van der Waals surface area contributed by atoms with E-state index in [0.29, 0.717) is 17.2 Å². The predicted octanol–water partition coefficient (Wildman–Crippen LogP) is 6.63. The maximum Gasteiger partial charge on any atom is 0.212 e. The third-order valence-corrected chi connectivity index (χ3v) is 6.99. The maximum absolute atomic E-state index is 11.2. The molecule has 0 aromatic heterocycles. The van der Waals surface area contributed by atoms with Gasteiger partial charge in [0.25, 0.3) is 0 Å². The smallest absolute Gasteiger partial charge is 0.212 e. The summed E-state index contributed by atoms with van der Waals surface area (Å²) in [4.78, 5) is 13.6. The van der Waals surface area contributed by atoms with Gasteiger partial charge in [-0.1, -0.05) is 48.5 Å². The average molecular weight is 441 g/mol. The van der Waals surface area contributed by atoms with E-state index in [4.69, 9.17) is 9.47 Å². The molecule has 0 aliphatic carbocycles. The fourth-order valence-electron chi connectivity index (χ4n) is 5.24. The minimum atomic E-state index is -0.718. The Labute approximate surface area is 194 Å². The molecule has 1 spiro atoms. The van der Waals surface area contributed by atoms with Gasteiger partial charge in [-0.2, -0.15) is 0 Å². The summed E-state index contributed by atoms with van der Waals surface area (Å²) in [5, 5.41) is 3.09. The lowest BCUT2D eigenvalue weighted by Crippen LogP contribution is -2.59. The molecule has 3 aromatic carbocycles. The van der Waals surface area contributed by atoms with Crippen molar-refractivity contribution in [2.24, 2.45) is 5.18 Å². The van der Waals surface area contributed by atoms with Crippen LogP contribution < -0.4 is 14.4 Å². The number of para-hydroxylation sites is 1. The Morgan fingerprint density at radius 2 is 1.79 bits per heavy atom. The van der Waals surface area contributed by atoms with Gasteiger partial charge < -0.3 is 14.4 Å². The number of hydrogen-bond acceptors (Lipinski definition) is 5. The van der Waals surface area contributed by atoms with Crippen molar-refractivity contribution in [1.29, 1.82) is 0 Å². The van der Waals surface area contributed by atoms with Crippen LogP contribution in [0.5, 0.6) is 11.5 Å². The van der Waals surface area contributed by atoms with Gasteiger partial charge in [0.05, 0.1) is 12.5 Å². The highest BCUT2D eigenvalue weighted by molar-refractivity contribution is 5.75. The van der Waals surface area contributed by atoms with Crippen LogP contribution >= 0.6 is 0 Å². The zero-order valence-electron chi connectivity index (χ0n) is 19.2. The molecule has 2 heterocycles. The van der Waals surface area contributed by atoms with Crippen LogP contribution in [0.25, 0.3) is 6.08 Å². The summed E-state index contributed by atoms with van der Waals surface area (Å²) in [6.45, 7) is 5.30. The number of anilines is 1. The highest BCUT2D eigenvalue weighted by atomic mass is 16.5. The molecule has 0 radical (unpaired) electrons. The van der Waals surface area contributed by atoms with Crippen molar-refractivity contribution in [2.45, 2.75) is 37.8 Å². The molecule has 2 aliphatic heterocycles. The second-order valence-electron chi connectivity index (χ2n) is 9.17. The van der Waals surface area contributed by atoms with E-state index in [9.17, 15) is 4.91 Å². The van der Waals surface area contributed by atoms with Gasteiger partial charge in [-0.15, -0.1) is 4.91 Å². The van der Waals surface area contributed by atoms with Crippen molar-refractivity contribution >= 4 is 17.5 Å². The van der Waals surface area contributed by atoms with Gasteiger partial charge in [-0.25, -0.2) is 0 Å². The van der Waals surface area contributed by atoms with E-state index in [-0.39, 0.29) is 5.41 Å². The summed E-state index contributed by atoms with van der Waals surface area (Å²) >= 11 is 0. The standard InChI is InChI=1S/C28H28N2O3/c1-27(2)23-13-7-8-14-24(23)30(17-9-12-20-10-5-4-6-11-20)28(27)16-15-21-18-22(29-31)19-25(32-3)26(21)33-28/h4-8,10-11,13-16,18-19H,9,12,17H2,1-3H3. The van der Waals surface area contributed by atoms with Gasteiger partial charge in [0, 0.05) is 23.9 Å². The molecule has 0 bridgehead atoms. The van der Waals surface area contributed by atoms with Crippen molar-refractivity contribution in [1.82, 2.24) is 0 Å². The maximum atomic E-state index is 11.2. The lowest BCUT2D eigenvalue weighted by Gasteiger charge is -2.47. The largest absolute Gasteiger partial charge is 0.493 e. The summed E-state index contributed by atoms with van der Waals surface area (Å²) in [7, 11) is 1.59. The van der Waals surface area contributed by atoms with Crippen molar-refractivity contribution < 1.29 is 9.47 Å². The Hall–Kier alpha value is -3.60. The monoisotopic (exact) mass is 440 g/mol. The average Bonchev–Trinajstić information content (AvgIpc) is 3.02. The predicted molar refractivity (Wildman–Crippen MR) is 132 cm³/mol. The first-order valence-electron chi connectivity index (χ1n) is 11.3. The summed E-state index contributed by atoms with van der Waals surface area (Å²) in [6.07, 6.45) is 6.15. The summed E-state index contributed by atoms with van der Waals surface area (Å²) < 4.78 is 12.5. The van der Waals surface area contributed by atoms with E-state index < -0.39 is 5.72 Å². The first kappa shape index (κ1) is 21.3. The fourth-order valence-corrected chi connectivity index (χ4v) is 5.24. The van der Waals surface area contributed by atoms with Gasteiger partial charge in [-0.05, 0) is 67.3 Å². The number of benzene rings is 3. The molecular weight excluding hydrogens is 412 g/mol. The van der Waals surface area contributed by atoms with E-state index >= 15 is 0 Å². The second-order valence-corrected chi connectivity index (χ2v) is 9.17. The fraction of sp³-hybridized carbons (Fsp3) is 0.286. The number of methoxy groups -OCH3 is 1. The van der Waals surface area contributed by atoms with Crippen LogP contribution in [0.15, 0.2) is 78.0 Å². The minimum absolute atomic E-state index is 0.322. The molecule has 1 unspecified atom stereocenters. The van der Waals surface area contributed by atoms with Gasteiger partial charge >= 0.3 is 0 Å². The van der Waals surface area contributed by atoms with Crippen molar-refractivity contribution in [3.8, 4) is 11.5 Å². The molecule has 3 aromatic rings. The van der Waals surface area contributed by atoms with Crippen molar-refractivity contribution in [2.75, 3.05) is 18.6 Å². The van der Waals surface area contributed by atoms with Crippen LogP contribution in [0, 0.1) is 4.91 Å². The molecule has 0 fully saturated rings. The SMILES string of the molecule is COc1cc(N=O)cc2c1OC1(C=C2)N(CCCc2ccccc2)c2ccccc2C1(C)C. The summed E-state index contributed by atoms with van der Waals surface area (Å²) in [5.41, 5.74) is 3.85. The molecule has 5 nitrogen and oxygen atoms in total.